The quantitative estimate of drug-likeness (QED) is 0.821. The fourth-order valence-corrected chi connectivity index (χ4v) is 3.87. The summed E-state index contributed by atoms with van der Waals surface area (Å²) < 4.78 is 23.6. The normalized spacial score (nSPS) is 20.9. The van der Waals surface area contributed by atoms with Gasteiger partial charge in [-0.3, -0.25) is 0 Å². The van der Waals surface area contributed by atoms with Crippen molar-refractivity contribution in [3.05, 3.63) is 65.0 Å². The van der Waals surface area contributed by atoms with Crippen molar-refractivity contribution in [3.63, 3.8) is 0 Å². The summed E-state index contributed by atoms with van der Waals surface area (Å²) >= 11 is 0. The Bertz CT molecular complexity index is 879. The highest BCUT2D eigenvalue weighted by Crippen LogP contribution is 2.44. The van der Waals surface area contributed by atoms with E-state index in [1.807, 2.05) is 18.2 Å². The molecule has 1 amide bonds. The molecule has 0 radical (unpaired) electrons. The van der Waals surface area contributed by atoms with Crippen molar-refractivity contribution >= 4 is 11.8 Å². The smallest absolute Gasteiger partial charge is 0.430 e. The van der Waals surface area contributed by atoms with Crippen LogP contribution in [0.4, 0.5) is 9.18 Å². The van der Waals surface area contributed by atoms with Crippen molar-refractivity contribution in [3.8, 4) is 5.75 Å². The zero-order valence-corrected chi connectivity index (χ0v) is 14.6. The highest BCUT2D eigenvalue weighted by atomic mass is 19.1. The number of hydrogen-bond donors (Lipinski definition) is 0. The van der Waals surface area contributed by atoms with Crippen LogP contribution in [0.3, 0.4) is 0 Å². The molecule has 2 aromatic carbocycles. The summed E-state index contributed by atoms with van der Waals surface area (Å²) in [6.45, 7) is 0. The molecule has 134 valence electrons. The second-order valence-electron chi connectivity index (χ2n) is 6.46. The minimum atomic E-state index is -0.517. The molecule has 26 heavy (non-hydrogen) atoms. The number of aryl methyl sites for hydroxylation is 1. The SMILES string of the molecule is COC(=O)N1N=C2c3ccc(OC)cc3CC[C@H]2[C@H]1c1ccc(F)cc1. The number of carbonyl (C=O) groups excluding carboxylic acids is 1. The molecule has 0 unspecified atom stereocenters. The summed E-state index contributed by atoms with van der Waals surface area (Å²) in [5, 5.41) is 5.98. The highest BCUT2D eigenvalue weighted by Gasteiger charge is 2.44. The second-order valence-corrected chi connectivity index (χ2v) is 6.46. The van der Waals surface area contributed by atoms with Crippen molar-refractivity contribution < 1.29 is 18.7 Å². The Morgan fingerprint density at radius 1 is 1.19 bits per heavy atom. The standard InChI is InChI=1S/C20H19FN2O3/c1-25-15-8-10-16-13(11-15)5-9-17-18(16)22-23(20(24)26-2)19(17)12-3-6-14(21)7-4-12/h3-4,6-8,10-11,17,19H,5,9H2,1-2H3/t17-,19-/m1/s1. The van der Waals surface area contributed by atoms with E-state index in [1.54, 1.807) is 19.2 Å². The number of benzene rings is 2. The number of ether oxygens (including phenoxy) is 2. The highest BCUT2D eigenvalue weighted by molar-refractivity contribution is 6.06. The Hall–Kier alpha value is -2.89. The van der Waals surface area contributed by atoms with E-state index in [1.165, 1.54) is 24.3 Å². The van der Waals surface area contributed by atoms with E-state index in [2.05, 4.69) is 5.10 Å². The van der Waals surface area contributed by atoms with Crippen molar-refractivity contribution in [2.24, 2.45) is 11.0 Å². The summed E-state index contributed by atoms with van der Waals surface area (Å²) in [5.41, 5.74) is 3.90. The van der Waals surface area contributed by atoms with Gasteiger partial charge >= 0.3 is 6.09 Å². The number of rotatable bonds is 2. The molecular weight excluding hydrogens is 335 g/mol. The van der Waals surface area contributed by atoms with E-state index < -0.39 is 6.09 Å². The van der Waals surface area contributed by atoms with Gasteiger partial charge in [-0.1, -0.05) is 12.1 Å². The lowest BCUT2D eigenvalue weighted by Gasteiger charge is -2.29. The molecule has 2 aliphatic rings. The maximum Gasteiger partial charge on any atom is 0.430 e. The zero-order valence-electron chi connectivity index (χ0n) is 14.6. The number of halogens is 1. The summed E-state index contributed by atoms with van der Waals surface area (Å²) in [4.78, 5) is 12.3. The fraction of sp³-hybridized carbons (Fsp3) is 0.300. The van der Waals surface area contributed by atoms with Gasteiger partial charge in [0.2, 0.25) is 0 Å². The number of carbonyl (C=O) groups is 1. The Balaban J connectivity index is 1.78. The minimum Gasteiger partial charge on any atom is -0.497 e. The molecule has 0 saturated heterocycles. The van der Waals surface area contributed by atoms with Crippen molar-refractivity contribution in [1.29, 1.82) is 0 Å². The first kappa shape index (κ1) is 16.6. The third-order valence-corrected chi connectivity index (χ3v) is 5.10. The zero-order chi connectivity index (χ0) is 18.3. The molecule has 5 nitrogen and oxygen atoms in total. The summed E-state index contributed by atoms with van der Waals surface area (Å²) in [6.07, 6.45) is 1.19. The molecule has 0 spiro atoms. The van der Waals surface area contributed by atoms with Crippen LogP contribution < -0.4 is 4.74 Å². The van der Waals surface area contributed by atoms with Gasteiger partial charge in [-0.25, -0.2) is 9.18 Å². The Labute approximate surface area is 151 Å². The first-order chi connectivity index (χ1) is 12.6. The average molecular weight is 354 g/mol. The van der Waals surface area contributed by atoms with E-state index >= 15 is 0 Å². The maximum absolute atomic E-state index is 13.4. The van der Waals surface area contributed by atoms with Crippen LogP contribution in [0, 0.1) is 11.7 Å². The molecule has 6 heteroatoms. The second kappa shape index (κ2) is 6.44. The van der Waals surface area contributed by atoms with Gasteiger partial charge < -0.3 is 9.47 Å². The molecule has 1 aliphatic carbocycles. The van der Waals surface area contributed by atoms with Crippen LogP contribution in [0.1, 0.15) is 29.2 Å². The third kappa shape index (κ3) is 2.62. The molecule has 0 N–H and O–H groups in total. The summed E-state index contributed by atoms with van der Waals surface area (Å²) in [7, 11) is 2.98. The third-order valence-electron chi connectivity index (χ3n) is 5.10. The fourth-order valence-electron chi connectivity index (χ4n) is 3.87. The number of hydrogen-bond acceptors (Lipinski definition) is 4. The molecule has 0 aromatic heterocycles. The van der Waals surface area contributed by atoms with Gasteiger partial charge in [-0.2, -0.15) is 10.1 Å². The van der Waals surface area contributed by atoms with Crippen LogP contribution in [-0.2, 0) is 11.2 Å². The molecule has 2 atom stereocenters. The predicted molar refractivity (Wildman–Crippen MR) is 94.7 cm³/mol. The number of methoxy groups -OCH3 is 2. The Morgan fingerprint density at radius 3 is 2.65 bits per heavy atom. The predicted octanol–water partition coefficient (Wildman–Crippen LogP) is 3.92. The Morgan fingerprint density at radius 2 is 1.96 bits per heavy atom. The van der Waals surface area contributed by atoms with Gasteiger partial charge in [0.05, 0.1) is 26.0 Å². The molecular formula is C20H19FN2O3. The molecule has 0 saturated carbocycles. The number of nitrogens with zero attached hydrogens (tertiary/aromatic N) is 2. The lowest BCUT2D eigenvalue weighted by atomic mass is 9.77. The van der Waals surface area contributed by atoms with Crippen LogP contribution in [0.25, 0.3) is 0 Å². The van der Waals surface area contributed by atoms with E-state index in [0.29, 0.717) is 0 Å². The van der Waals surface area contributed by atoms with E-state index in [0.717, 1.165) is 41.0 Å². The van der Waals surface area contributed by atoms with E-state index in [4.69, 9.17) is 9.47 Å². The van der Waals surface area contributed by atoms with Crippen LogP contribution in [0.2, 0.25) is 0 Å². The van der Waals surface area contributed by atoms with Crippen molar-refractivity contribution in [2.45, 2.75) is 18.9 Å². The molecule has 0 bridgehead atoms. The number of amides is 1. The summed E-state index contributed by atoms with van der Waals surface area (Å²) in [6, 6.07) is 11.8. The molecule has 1 heterocycles. The largest absolute Gasteiger partial charge is 0.497 e. The van der Waals surface area contributed by atoms with Crippen molar-refractivity contribution in [1.82, 2.24) is 5.01 Å². The van der Waals surface area contributed by atoms with E-state index in [-0.39, 0.29) is 17.8 Å². The van der Waals surface area contributed by atoms with Crippen LogP contribution in [0.15, 0.2) is 47.6 Å². The first-order valence-corrected chi connectivity index (χ1v) is 8.51. The van der Waals surface area contributed by atoms with Crippen LogP contribution in [0.5, 0.6) is 5.75 Å². The van der Waals surface area contributed by atoms with Crippen LogP contribution in [-0.4, -0.2) is 31.0 Å². The van der Waals surface area contributed by atoms with Gasteiger partial charge in [-0.05, 0) is 54.3 Å². The molecule has 4 rings (SSSR count). The number of hydrazone groups is 1. The summed E-state index contributed by atoms with van der Waals surface area (Å²) in [5.74, 6) is 0.541. The molecule has 1 aliphatic heterocycles. The van der Waals surface area contributed by atoms with Gasteiger partial charge in [0.15, 0.2) is 0 Å². The average Bonchev–Trinajstić information content (AvgIpc) is 3.07. The molecule has 2 aromatic rings. The lowest BCUT2D eigenvalue weighted by Crippen LogP contribution is -2.32. The van der Waals surface area contributed by atoms with Gasteiger partial charge in [0.1, 0.15) is 11.6 Å². The maximum atomic E-state index is 13.4. The monoisotopic (exact) mass is 354 g/mol. The topological polar surface area (TPSA) is 51.1 Å². The number of fused-ring (bicyclic) bond motifs is 3. The van der Waals surface area contributed by atoms with Gasteiger partial charge in [0, 0.05) is 11.5 Å². The van der Waals surface area contributed by atoms with Gasteiger partial charge in [-0.15, -0.1) is 0 Å². The lowest BCUT2D eigenvalue weighted by molar-refractivity contribution is 0.106. The van der Waals surface area contributed by atoms with Crippen LogP contribution >= 0.6 is 0 Å². The van der Waals surface area contributed by atoms with Gasteiger partial charge in [0.25, 0.3) is 0 Å². The van der Waals surface area contributed by atoms with Crippen molar-refractivity contribution in [2.75, 3.05) is 14.2 Å². The molecule has 0 fully saturated rings. The first-order valence-electron chi connectivity index (χ1n) is 8.51. The Kier molecular flexibility index (Phi) is 4.11. The van der Waals surface area contributed by atoms with E-state index in [9.17, 15) is 9.18 Å². The minimum absolute atomic E-state index is 0.0421.